The number of methoxy groups -OCH3 is 1. The summed E-state index contributed by atoms with van der Waals surface area (Å²) in [6.45, 7) is 2.36. The van der Waals surface area contributed by atoms with E-state index in [2.05, 4.69) is 4.99 Å². The van der Waals surface area contributed by atoms with Gasteiger partial charge in [-0.25, -0.2) is 0 Å². The first-order valence-electron chi connectivity index (χ1n) is 6.98. The van der Waals surface area contributed by atoms with Gasteiger partial charge in [-0.1, -0.05) is 11.6 Å². The molecule has 0 heterocycles. The van der Waals surface area contributed by atoms with Crippen molar-refractivity contribution in [3.63, 3.8) is 0 Å². The van der Waals surface area contributed by atoms with Gasteiger partial charge in [0.25, 0.3) is 0 Å². The number of nitrogens with zero attached hydrogens (tertiary/aromatic N) is 2. The second kappa shape index (κ2) is 7.65. The van der Waals surface area contributed by atoms with Crippen molar-refractivity contribution in [3.05, 3.63) is 51.0 Å². The van der Waals surface area contributed by atoms with Crippen LogP contribution in [0.15, 0.2) is 35.3 Å². The fourth-order valence-electron chi connectivity index (χ4n) is 2.00. The first-order valence-corrected chi connectivity index (χ1v) is 7.35. The van der Waals surface area contributed by atoms with Gasteiger partial charge in [-0.05, 0) is 25.1 Å². The van der Waals surface area contributed by atoms with E-state index in [1.807, 2.05) is 6.92 Å². The fourth-order valence-corrected chi connectivity index (χ4v) is 2.22. The third kappa shape index (κ3) is 3.94. The molecule has 1 N–H and O–H groups in total. The first-order chi connectivity index (χ1) is 11.5. The lowest BCUT2D eigenvalue weighted by atomic mass is 10.2. The zero-order valence-corrected chi connectivity index (χ0v) is 13.8. The maximum absolute atomic E-state index is 10.9. The van der Waals surface area contributed by atoms with Crippen molar-refractivity contribution >= 4 is 29.2 Å². The van der Waals surface area contributed by atoms with Gasteiger partial charge in [0.1, 0.15) is 0 Å². The van der Waals surface area contributed by atoms with Crippen LogP contribution in [0.3, 0.4) is 0 Å². The minimum absolute atomic E-state index is 0.130. The summed E-state index contributed by atoms with van der Waals surface area (Å²) in [7, 11) is 1.51. The molecule has 0 radical (unpaired) electrons. The van der Waals surface area contributed by atoms with Crippen molar-refractivity contribution in [2.24, 2.45) is 4.99 Å². The Morgan fingerprint density at radius 3 is 2.71 bits per heavy atom. The Hall–Kier alpha value is -2.80. The Morgan fingerprint density at radius 2 is 2.08 bits per heavy atom. The highest BCUT2D eigenvalue weighted by Crippen LogP contribution is 2.34. The van der Waals surface area contributed by atoms with Crippen molar-refractivity contribution < 1.29 is 19.5 Å². The molecule has 0 bridgehead atoms. The molecule has 7 nitrogen and oxygen atoms in total. The molecule has 0 aliphatic heterocycles. The van der Waals surface area contributed by atoms with Gasteiger partial charge in [-0.3, -0.25) is 15.1 Å². The number of rotatable bonds is 6. The largest absolute Gasteiger partial charge is 0.502 e. The number of ether oxygens (including phenoxy) is 2. The molecule has 0 atom stereocenters. The number of aliphatic imine (C=N–C) groups is 1. The van der Waals surface area contributed by atoms with E-state index < -0.39 is 16.4 Å². The molecular formula is C16H15ClN2O5. The number of phenolic OH excluding ortho intramolecular Hbond substituents is 1. The highest BCUT2D eigenvalue weighted by atomic mass is 35.5. The molecule has 0 spiro atoms. The van der Waals surface area contributed by atoms with Crippen molar-refractivity contribution in [3.8, 4) is 17.2 Å². The summed E-state index contributed by atoms with van der Waals surface area (Å²) in [5.74, 6) is 0.596. The minimum Gasteiger partial charge on any atom is -0.502 e. The molecule has 0 aromatic heterocycles. The molecule has 0 unspecified atom stereocenters. The molecule has 0 fully saturated rings. The van der Waals surface area contributed by atoms with Crippen molar-refractivity contribution in [2.45, 2.75) is 6.92 Å². The summed E-state index contributed by atoms with van der Waals surface area (Å²) >= 11 is 5.84. The van der Waals surface area contributed by atoms with Crippen LogP contribution in [-0.4, -0.2) is 30.0 Å². The maximum atomic E-state index is 10.9. The normalized spacial score (nSPS) is 10.8. The Labute approximate surface area is 143 Å². The summed E-state index contributed by atoms with van der Waals surface area (Å²) in [4.78, 5) is 14.4. The summed E-state index contributed by atoms with van der Waals surface area (Å²) in [5.41, 5.74) is 0.188. The van der Waals surface area contributed by atoms with Gasteiger partial charge in [-0.2, -0.15) is 0 Å². The summed E-state index contributed by atoms with van der Waals surface area (Å²) < 4.78 is 10.6. The number of nitro groups is 1. The van der Waals surface area contributed by atoms with Crippen molar-refractivity contribution in [1.82, 2.24) is 0 Å². The number of nitro benzene ring substituents is 1. The van der Waals surface area contributed by atoms with Crippen LogP contribution in [0.2, 0.25) is 5.02 Å². The van der Waals surface area contributed by atoms with Crippen molar-refractivity contribution in [2.75, 3.05) is 13.7 Å². The van der Waals surface area contributed by atoms with Crippen LogP contribution in [0.5, 0.6) is 17.2 Å². The third-order valence-corrected chi connectivity index (χ3v) is 3.30. The topological polar surface area (TPSA) is 94.2 Å². The monoisotopic (exact) mass is 350 g/mol. The van der Waals surface area contributed by atoms with E-state index in [0.29, 0.717) is 23.8 Å². The second-order valence-corrected chi connectivity index (χ2v) is 5.08. The highest BCUT2D eigenvalue weighted by Gasteiger charge is 2.17. The molecule has 24 heavy (non-hydrogen) atoms. The zero-order chi connectivity index (χ0) is 17.7. The average molecular weight is 351 g/mol. The Morgan fingerprint density at radius 1 is 1.33 bits per heavy atom. The quantitative estimate of drug-likeness (QED) is 0.480. The molecule has 0 saturated carbocycles. The third-order valence-electron chi connectivity index (χ3n) is 3.08. The average Bonchev–Trinajstić information content (AvgIpc) is 2.56. The molecular weight excluding hydrogens is 336 g/mol. The maximum Gasteiger partial charge on any atom is 0.312 e. The van der Waals surface area contributed by atoms with E-state index in [1.165, 1.54) is 19.4 Å². The predicted molar refractivity (Wildman–Crippen MR) is 91.2 cm³/mol. The molecule has 0 aliphatic rings. The van der Waals surface area contributed by atoms with E-state index in [4.69, 9.17) is 21.1 Å². The van der Waals surface area contributed by atoms with Crippen LogP contribution in [0.25, 0.3) is 0 Å². The van der Waals surface area contributed by atoms with Crippen LogP contribution in [0, 0.1) is 10.1 Å². The summed E-state index contributed by atoms with van der Waals surface area (Å²) in [6, 6.07) is 7.51. The van der Waals surface area contributed by atoms with E-state index in [9.17, 15) is 15.2 Å². The lowest BCUT2D eigenvalue weighted by molar-refractivity contribution is -0.385. The first kappa shape index (κ1) is 17.6. The number of hydrogen-bond donors (Lipinski definition) is 1. The zero-order valence-electron chi connectivity index (χ0n) is 13.0. The molecule has 2 rings (SSSR count). The van der Waals surface area contributed by atoms with Crippen LogP contribution in [0.1, 0.15) is 12.5 Å². The second-order valence-electron chi connectivity index (χ2n) is 4.65. The standard InChI is InChI=1S/C16H15ClN2O5/c1-3-24-14-5-4-12(8-15(14)23-2)18-9-10-6-11(17)7-13(16(10)20)19(21)22/h4-9,20H,3H2,1-2H3. The van der Waals surface area contributed by atoms with Gasteiger partial charge in [-0.15, -0.1) is 0 Å². The predicted octanol–water partition coefficient (Wildman–Crippen LogP) is 4.11. The Bertz CT molecular complexity index is 792. The van der Waals surface area contributed by atoms with Gasteiger partial charge in [0.05, 0.1) is 24.3 Å². The number of hydrogen-bond acceptors (Lipinski definition) is 6. The molecule has 2 aromatic rings. The molecule has 0 aliphatic carbocycles. The van der Waals surface area contributed by atoms with Crippen LogP contribution >= 0.6 is 11.6 Å². The van der Waals surface area contributed by atoms with Crippen molar-refractivity contribution in [1.29, 1.82) is 0 Å². The number of halogens is 1. The van der Waals surface area contributed by atoms with E-state index in [0.717, 1.165) is 6.07 Å². The van der Waals surface area contributed by atoms with Gasteiger partial charge in [0.2, 0.25) is 5.75 Å². The Kier molecular flexibility index (Phi) is 5.59. The fraction of sp³-hybridized carbons (Fsp3) is 0.188. The number of aromatic hydroxyl groups is 1. The van der Waals surface area contributed by atoms with E-state index in [1.54, 1.807) is 18.2 Å². The van der Waals surface area contributed by atoms with Crippen LogP contribution < -0.4 is 9.47 Å². The molecule has 2 aromatic carbocycles. The van der Waals surface area contributed by atoms with Crippen LogP contribution in [-0.2, 0) is 0 Å². The van der Waals surface area contributed by atoms with Gasteiger partial charge >= 0.3 is 5.69 Å². The highest BCUT2D eigenvalue weighted by molar-refractivity contribution is 6.31. The number of benzene rings is 2. The molecule has 0 saturated heterocycles. The smallest absolute Gasteiger partial charge is 0.312 e. The Balaban J connectivity index is 2.36. The van der Waals surface area contributed by atoms with E-state index >= 15 is 0 Å². The summed E-state index contributed by atoms with van der Waals surface area (Å²) in [5, 5.41) is 21.0. The van der Waals surface area contributed by atoms with Gasteiger partial charge in [0.15, 0.2) is 11.5 Å². The minimum atomic E-state index is -0.710. The number of phenols is 1. The van der Waals surface area contributed by atoms with Gasteiger partial charge < -0.3 is 14.6 Å². The summed E-state index contributed by atoms with van der Waals surface area (Å²) in [6.07, 6.45) is 1.29. The van der Waals surface area contributed by atoms with Gasteiger partial charge in [0, 0.05) is 28.9 Å². The molecule has 126 valence electrons. The van der Waals surface area contributed by atoms with Crippen LogP contribution in [0.4, 0.5) is 11.4 Å². The lowest BCUT2D eigenvalue weighted by Gasteiger charge is -2.09. The molecule has 0 amide bonds. The SMILES string of the molecule is CCOc1ccc(N=Cc2cc(Cl)cc([N+](=O)[O-])c2O)cc1OC. The lowest BCUT2D eigenvalue weighted by Crippen LogP contribution is -1.95. The molecule has 8 heteroatoms. The van der Waals surface area contributed by atoms with E-state index in [-0.39, 0.29) is 10.6 Å².